The minimum absolute atomic E-state index is 0.815. The molecule has 0 nitrogen and oxygen atoms in total. The number of aryl methyl sites for hydroxylation is 1. The first-order chi connectivity index (χ1) is 6.24. The van der Waals surface area contributed by atoms with Gasteiger partial charge in [0, 0.05) is 20.5 Å². The fourth-order valence-electron chi connectivity index (χ4n) is 1.48. The van der Waals surface area contributed by atoms with Crippen molar-refractivity contribution in [1.29, 1.82) is 0 Å². The molecule has 0 saturated carbocycles. The van der Waals surface area contributed by atoms with Crippen molar-refractivity contribution in [2.24, 2.45) is 0 Å². The van der Waals surface area contributed by atoms with Crippen molar-refractivity contribution in [1.82, 2.24) is 0 Å². The summed E-state index contributed by atoms with van der Waals surface area (Å²) >= 11 is 13.8. The second-order valence-corrected chi connectivity index (χ2v) is 4.56. The van der Waals surface area contributed by atoms with Crippen molar-refractivity contribution in [2.45, 2.75) is 13.3 Å². The molecule has 0 N–H and O–H groups in total. The van der Waals surface area contributed by atoms with Crippen LogP contribution in [0.3, 0.4) is 0 Å². The monoisotopic (exact) mass is 230 g/mol. The van der Waals surface area contributed by atoms with Crippen LogP contribution in [0.25, 0.3) is 10.1 Å². The lowest BCUT2D eigenvalue weighted by Crippen LogP contribution is -1.82. The fourth-order valence-corrected chi connectivity index (χ4v) is 3.02. The van der Waals surface area contributed by atoms with Gasteiger partial charge in [0.1, 0.15) is 0 Å². The maximum atomic E-state index is 6.08. The van der Waals surface area contributed by atoms with Gasteiger partial charge in [-0.1, -0.05) is 30.1 Å². The number of fused-ring (bicyclic) bond motifs is 1. The summed E-state index contributed by atoms with van der Waals surface area (Å²) in [5.41, 5.74) is 1.16. The highest BCUT2D eigenvalue weighted by atomic mass is 35.5. The van der Waals surface area contributed by atoms with Gasteiger partial charge in [0.15, 0.2) is 0 Å². The van der Waals surface area contributed by atoms with Gasteiger partial charge in [0.25, 0.3) is 0 Å². The number of benzene rings is 1. The zero-order valence-electron chi connectivity index (χ0n) is 7.10. The van der Waals surface area contributed by atoms with Crippen molar-refractivity contribution in [3.63, 3.8) is 0 Å². The molecule has 0 aliphatic heterocycles. The molecule has 0 spiro atoms. The van der Waals surface area contributed by atoms with Crippen LogP contribution < -0.4 is 0 Å². The van der Waals surface area contributed by atoms with Crippen LogP contribution in [0, 0.1) is 0 Å². The van der Waals surface area contributed by atoms with E-state index in [1.54, 1.807) is 11.3 Å². The second kappa shape index (κ2) is 3.49. The first-order valence-corrected chi connectivity index (χ1v) is 5.71. The van der Waals surface area contributed by atoms with Crippen molar-refractivity contribution in [2.75, 3.05) is 0 Å². The maximum absolute atomic E-state index is 6.08. The van der Waals surface area contributed by atoms with Crippen LogP contribution in [0.5, 0.6) is 0 Å². The molecular formula is C10H8Cl2S. The lowest BCUT2D eigenvalue weighted by Gasteiger charge is -2.02. The zero-order chi connectivity index (χ0) is 9.42. The van der Waals surface area contributed by atoms with E-state index in [-0.39, 0.29) is 0 Å². The number of thiophene rings is 1. The summed E-state index contributed by atoms with van der Waals surface area (Å²) in [5.74, 6) is 0. The molecule has 0 saturated heterocycles. The van der Waals surface area contributed by atoms with Gasteiger partial charge in [0.05, 0.1) is 5.02 Å². The zero-order valence-corrected chi connectivity index (χ0v) is 9.43. The van der Waals surface area contributed by atoms with E-state index in [0.29, 0.717) is 0 Å². The Labute approximate surface area is 91.1 Å². The van der Waals surface area contributed by atoms with Crippen molar-refractivity contribution in [3.05, 3.63) is 33.1 Å². The summed E-state index contributed by atoms with van der Waals surface area (Å²) in [6, 6.07) is 3.96. The molecule has 0 amide bonds. The van der Waals surface area contributed by atoms with E-state index in [1.807, 2.05) is 17.5 Å². The van der Waals surface area contributed by atoms with Gasteiger partial charge < -0.3 is 0 Å². The highest BCUT2D eigenvalue weighted by molar-refractivity contribution is 7.17. The molecule has 1 aromatic carbocycles. The summed E-state index contributed by atoms with van der Waals surface area (Å²) in [7, 11) is 0. The van der Waals surface area contributed by atoms with E-state index in [0.717, 1.165) is 27.4 Å². The van der Waals surface area contributed by atoms with Crippen LogP contribution in [-0.4, -0.2) is 0 Å². The predicted octanol–water partition coefficient (Wildman–Crippen LogP) is 4.77. The molecule has 3 heteroatoms. The Balaban J connectivity index is 2.88. The quantitative estimate of drug-likeness (QED) is 0.663. The second-order valence-electron chi connectivity index (χ2n) is 2.84. The number of hydrogen-bond donors (Lipinski definition) is 0. The third-order valence-electron chi connectivity index (χ3n) is 2.10. The minimum atomic E-state index is 0.815. The molecular weight excluding hydrogens is 223 g/mol. The highest BCUT2D eigenvalue weighted by Crippen LogP contribution is 2.36. The number of hydrogen-bond acceptors (Lipinski definition) is 1. The molecule has 0 radical (unpaired) electrons. The summed E-state index contributed by atoms with van der Waals surface area (Å²) in [6.45, 7) is 2.09. The molecule has 68 valence electrons. The van der Waals surface area contributed by atoms with Crippen LogP contribution in [-0.2, 0) is 6.42 Å². The largest absolute Gasteiger partial charge is 0.142 e. The minimum Gasteiger partial charge on any atom is -0.142 e. The lowest BCUT2D eigenvalue weighted by molar-refractivity contribution is 1.16. The van der Waals surface area contributed by atoms with E-state index in [9.17, 15) is 0 Å². The first-order valence-electron chi connectivity index (χ1n) is 4.08. The Morgan fingerprint density at radius 1 is 1.23 bits per heavy atom. The van der Waals surface area contributed by atoms with Gasteiger partial charge in [-0.2, -0.15) is 0 Å². The molecule has 0 unspecified atom stereocenters. The van der Waals surface area contributed by atoms with Gasteiger partial charge >= 0.3 is 0 Å². The topological polar surface area (TPSA) is 0 Å². The Kier molecular flexibility index (Phi) is 2.50. The molecule has 0 atom stereocenters. The fraction of sp³-hybridized carbons (Fsp3) is 0.200. The molecule has 1 heterocycles. The van der Waals surface area contributed by atoms with Crippen molar-refractivity contribution < 1.29 is 0 Å². The van der Waals surface area contributed by atoms with Crippen LogP contribution in [0.15, 0.2) is 17.5 Å². The Hall–Kier alpha value is -0.240. The predicted molar refractivity (Wildman–Crippen MR) is 61.2 cm³/mol. The van der Waals surface area contributed by atoms with E-state index in [4.69, 9.17) is 23.2 Å². The molecule has 0 aliphatic carbocycles. The standard InChI is InChI=1S/C10H8Cl2S/c1-2-6-7(11)3-4-9-10(6)8(12)5-13-9/h3-5H,2H2,1H3. The maximum Gasteiger partial charge on any atom is 0.0594 e. The van der Waals surface area contributed by atoms with Crippen LogP contribution in [0.2, 0.25) is 10.0 Å². The molecule has 2 rings (SSSR count). The third-order valence-corrected chi connectivity index (χ3v) is 3.83. The molecule has 13 heavy (non-hydrogen) atoms. The molecule has 0 bridgehead atoms. The van der Waals surface area contributed by atoms with Crippen molar-refractivity contribution >= 4 is 44.6 Å². The average Bonchev–Trinajstić information content (AvgIpc) is 2.49. The molecule has 0 aliphatic rings. The Morgan fingerprint density at radius 3 is 2.69 bits per heavy atom. The van der Waals surface area contributed by atoms with Gasteiger partial charge in [-0.15, -0.1) is 11.3 Å². The summed E-state index contributed by atoms with van der Waals surface area (Å²) in [5, 5.41) is 4.72. The first kappa shape index (κ1) is 9.32. The number of rotatable bonds is 1. The van der Waals surface area contributed by atoms with Crippen LogP contribution in [0.4, 0.5) is 0 Å². The summed E-state index contributed by atoms with van der Waals surface area (Å²) in [6.07, 6.45) is 0.923. The Morgan fingerprint density at radius 2 is 2.00 bits per heavy atom. The molecule has 1 aromatic heterocycles. The van der Waals surface area contributed by atoms with E-state index in [1.165, 1.54) is 4.70 Å². The van der Waals surface area contributed by atoms with E-state index in [2.05, 4.69) is 6.92 Å². The van der Waals surface area contributed by atoms with E-state index >= 15 is 0 Å². The number of halogens is 2. The smallest absolute Gasteiger partial charge is 0.0594 e. The van der Waals surface area contributed by atoms with Gasteiger partial charge in [-0.3, -0.25) is 0 Å². The van der Waals surface area contributed by atoms with Crippen molar-refractivity contribution in [3.8, 4) is 0 Å². The van der Waals surface area contributed by atoms with Crippen LogP contribution in [0.1, 0.15) is 12.5 Å². The Bertz CT molecular complexity index is 445. The van der Waals surface area contributed by atoms with Gasteiger partial charge in [0.2, 0.25) is 0 Å². The third kappa shape index (κ3) is 1.45. The van der Waals surface area contributed by atoms with Crippen LogP contribution >= 0.6 is 34.5 Å². The van der Waals surface area contributed by atoms with Gasteiger partial charge in [-0.25, -0.2) is 0 Å². The SMILES string of the molecule is CCc1c(Cl)ccc2scc(Cl)c12. The molecule has 2 aromatic rings. The highest BCUT2D eigenvalue weighted by Gasteiger charge is 2.09. The molecule has 0 fully saturated rings. The lowest BCUT2D eigenvalue weighted by atomic mass is 10.1. The summed E-state index contributed by atoms with van der Waals surface area (Å²) in [4.78, 5) is 0. The normalized spacial score (nSPS) is 11.0. The average molecular weight is 231 g/mol. The van der Waals surface area contributed by atoms with E-state index < -0.39 is 0 Å². The summed E-state index contributed by atoms with van der Waals surface area (Å²) < 4.78 is 1.21. The van der Waals surface area contributed by atoms with Gasteiger partial charge in [-0.05, 0) is 24.1 Å².